The van der Waals surface area contributed by atoms with Crippen LogP contribution in [0.3, 0.4) is 0 Å². The molecule has 0 aliphatic carbocycles. The molecule has 0 saturated heterocycles. The van der Waals surface area contributed by atoms with Crippen LogP contribution in [0.5, 0.6) is 0 Å². The Bertz CT molecular complexity index is 182. The van der Waals surface area contributed by atoms with Gasteiger partial charge in [-0.1, -0.05) is 26.3 Å². The molecule has 0 radical (unpaired) electrons. The van der Waals surface area contributed by atoms with Gasteiger partial charge in [-0.25, -0.2) is 5.53 Å². The zero-order valence-electron chi connectivity index (χ0n) is 8.56. The summed E-state index contributed by atoms with van der Waals surface area (Å²) in [5.41, 5.74) is 7.21. The van der Waals surface area contributed by atoms with Crippen LogP contribution in [0, 0.1) is 10.9 Å². The Labute approximate surface area is 117 Å². The van der Waals surface area contributed by atoms with Gasteiger partial charge in [-0.05, 0) is 12.3 Å². The van der Waals surface area contributed by atoms with E-state index in [4.69, 9.17) is 5.53 Å². The third kappa shape index (κ3) is 5.43. The van der Waals surface area contributed by atoms with E-state index in [1.807, 2.05) is 20.8 Å². The number of rotatable bonds is 2. The maximum atomic E-state index is 11.1. The van der Waals surface area contributed by atoms with Crippen LogP contribution in [0.15, 0.2) is 16.4 Å². The van der Waals surface area contributed by atoms with Crippen molar-refractivity contribution >= 4 is 0 Å². The molecular weight excluding hydrogens is 179 g/mol. The molecule has 0 amide bonds. The number of nitrogens with zero attached hydrogens (tertiary/aromatic N) is 1. The van der Waals surface area contributed by atoms with Crippen LogP contribution in [-0.4, -0.2) is 6.54 Å². The summed E-state index contributed by atoms with van der Waals surface area (Å²) in [5, 5.41) is 14.2. The van der Waals surface area contributed by atoms with Gasteiger partial charge in [-0.2, -0.15) is 5.11 Å². The molecule has 0 aliphatic heterocycles. The predicted octanol–water partition coefficient (Wildman–Crippen LogP) is -1.30. The molecule has 0 bridgehead atoms. The zero-order chi connectivity index (χ0) is 9.07. The largest absolute Gasteiger partial charge is 1.00 e. The van der Waals surface area contributed by atoms with Gasteiger partial charge in [-0.15, -0.1) is 5.76 Å². The van der Waals surface area contributed by atoms with Gasteiger partial charge in [0.1, 0.15) is 0 Å². The van der Waals surface area contributed by atoms with E-state index in [2.05, 4.69) is 5.11 Å². The fourth-order valence-corrected chi connectivity index (χ4v) is 0.609. The summed E-state index contributed by atoms with van der Waals surface area (Å²) in [5.74, 6) is -0.0347. The van der Waals surface area contributed by atoms with Crippen LogP contribution in [0.2, 0.25) is 0 Å². The Morgan fingerprint density at radius 2 is 1.83 bits per heavy atom. The van der Waals surface area contributed by atoms with Crippen LogP contribution in [0.25, 0.3) is 0 Å². The molecule has 0 heterocycles. The maximum Gasteiger partial charge on any atom is 1.00 e. The van der Waals surface area contributed by atoms with Gasteiger partial charge >= 0.3 is 51.4 Å². The van der Waals surface area contributed by atoms with E-state index in [9.17, 15) is 5.11 Å². The third-order valence-electron chi connectivity index (χ3n) is 1.77. The minimum atomic E-state index is -0.0955. The molecule has 3 nitrogen and oxygen atoms in total. The molecule has 0 fully saturated rings. The molecule has 0 aliphatic rings. The maximum absolute atomic E-state index is 11.1. The fourth-order valence-electron chi connectivity index (χ4n) is 0.609. The monoisotopic (exact) mass is 194 g/mol. The quantitative estimate of drug-likeness (QED) is 0.332. The van der Waals surface area contributed by atoms with E-state index in [-0.39, 0.29) is 69.1 Å². The van der Waals surface area contributed by atoms with E-state index in [1.165, 1.54) is 0 Å². The first-order valence-corrected chi connectivity index (χ1v) is 3.60. The van der Waals surface area contributed by atoms with E-state index in [0.29, 0.717) is 0 Å². The van der Waals surface area contributed by atoms with Crippen molar-refractivity contribution in [3.8, 4) is 0 Å². The summed E-state index contributed by atoms with van der Waals surface area (Å²) in [4.78, 5) is 0. The van der Waals surface area contributed by atoms with Crippen molar-refractivity contribution < 1.29 is 56.5 Å². The summed E-state index contributed by atoms with van der Waals surface area (Å²) >= 11 is 0. The normalized spacial score (nSPS) is 13.0. The second-order valence-electron chi connectivity index (χ2n) is 3.61. The number of hydrogen-bond acceptors (Lipinski definition) is 3. The van der Waals surface area contributed by atoms with Gasteiger partial charge in [0.05, 0.1) is 6.54 Å². The van der Waals surface area contributed by atoms with E-state index >= 15 is 0 Å². The fraction of sp³-hybridized carbons (Fsp3) is 0.750. The average Bonchev–Trinajstić information content (AvgIpc) is 1.85. The van der Waals surface area contributed by atoms with Crippen molar-refractivity contribution in [2.75, 3.05) is 6.54 Å². The van der Waals surface area contributed by atoms with Gasteiger partial charge in [0.15, 0.2) is 0 Å². The van der Waals surface area contributed by atoms with Crippen molar-refractivity contribution in [2.45, 2.75) is 27.7 Å². The molecule has 4 heteroatoms. The first kappa shape index (κ1) is 15.3. The van der Waals surface area contributed by atoms with Crippen molar-refractivity contribution in [3.63, 3.8) is 0 Å². The zero-order valence-corrected chi connectivity index (χ0v) is 11.7. The Morgan fingerprint density at radius 1 is 1.42 bits per heavy atom. The first-order valence-electron chi connectivity index (χ1n) is 3.60. The van der Waals surface area contributed by atoms with Gasteiger partial charge < -0.3 is 5.11 Å². The Balaban J connectivity index is 0. The van der Waals surface area contributed by atoms with Crippen LogP contribution >= 0.6 is 0 Å². The average molecular weight is 194 g/mol. The van der Waals surface area contributed by atoms with Crippen molar-refractivity contribution in [1.29, 1.82) is 5.53 Å². The molecule has 0 spiro atoms. The van der Waals surface area contributed by atoms with Gasteiger partial charge in [0, 0.05) is 0 Å². The molecule has 0 aromatic rings. The van der Waals surface area contributed by atoms with Gasteiger partial charge in [0.25, 0.3) is 0 Å². The minimum Gasteiger partial charge on any atom is -0.874 e. The molecule has 0 unspecified atom stereocenters. The SMILES string of the molecule is CC(=C([O-])CN=N)C(C)(C)C.[K+]. The molecule has 0 saturated carbocycles. The summed E-state index contributed by atoms with van der Waals surface area (Å²) in [6, 6.07) is 0. The summed E-state index contributed by atoms with van der Waals surface area (Å²) < 4.78 is 0. The number of nitrogens with one attached hydrogen (secondary N) is 1. The summed E-state index contributed by atoms with van der Waals surface area (Å²) in [6.07, 6.45) is 0. The van der Waals surface area contributed by atoms with Crippen molar-refractivity contribution in [2.24, 2.45) is 10.5 Å². The molecular formula is C8H15KN2O. The van der Waals surface area contributed by atoms with Crippen LogP contribution in [0.4, 0.5) is 0 Å². The van der Waals surface area contributed by atoms with E-state index < -0.39 is 0 Å². The second-order valence-corrected chi connectivity index (χ2v) is 3.61. The molecule has 0 aromatic heterocycles. The van der Waals surface area contributed by atoms with Crippen LogP contribution < -0.4 is 56.5 Å². The number of allylic oxidation sites excluding steroid dienone is 1. The van der Waals surface area contributed by atoms with Crippen LogP contribution in [-0.2, 0) is 0 Å². The predicted molar refractivity (Wildman–Crippen MR) is 42.2 cm³/mol. The topological polar surface area (TPSA) is 59.3 Å². The molecule has 64 valence electrons. The van der Waals surface area contributed by atoms with Crippen LogP contribution in [0.1, 0.15) is 27.7 Å². The van der Waals surface area contributed by atoms with Crippen molar-refractivity contribution in [3.05, 3.63) is 11.3 Å². The molecule has 0 rings (SSSR count). The van der Waals surface area contributed by atoms with Gasteiger partial charge in [-0.3, -0.25) is 0 Å². The molecule has 0 atom stereocenters. The van der Waals surface area contributed by atoms with Gasteiger partial charge in [0.2, 0.25) is 0 Å². The summed E-state index contributed by atoms with van der Waals surface area (Å²) in [6.45, 7) is 7.72. The van der Waals surface area contributed by atoms with E-state index in [1.54, 1.807) is 6.92 Å². The molecule has 12 heavy (non-hydrogen) atoms. The minimum absolute atomic E-state index is 0. The first-order chi connectivity index (χ1) is 4.89. The Morgan fingerprint density at radius 3 is 2.08 bits per heavy atom. The third-order valence-corrected chi connectivity index (χ3v) is 1.77. The standard InChI is InChI=1S/C8H16N2O.K/c1-6(8(2,3)4)7(11)5-10-9;/h9,11H,5H2,1-4H3;/q;+1/p-1. The Hall–Kier alpha value is 0.776. The molecule has 0 aromatic carbocycles. The van der Waals surface area contributed by atoms with Crippen molar-refractivity contribution in [1.82, 2.24) is 0 Å². The number of hydrogen-bond donors (Lipinski definition) is 1. The second kappa shape index (κ2) is 6.26. The molecule has 1 N–H and O–H groups in total. The van der Waals surface area contributed by atoms with E-state index in [0.717, 1.165) is 5.57 Å². The Kier molecular flexibility index (Phi) is 7.96. The summed E-state index contributed by atoms with van der Waals surface area (Å²) in [7, 11) is 0. The smallest absolute Gasteiger partial charge is 0.874 e.